The Balaban J connectivity index is -0.0000000383. The van der Waals surface area contributed by atoms with E-state index < -0.39 is 15.1 Å². The first kappa shape index (κ1) is 23.0. The van der Waals surface area contributed by atoms with Gasteiger partial charge in [0.15, 0.2) is 17.4 Å². The molecule has 0 rings (SSSR count). The fourth-order valence-corrected chi connectivity index (χ4v) is 0. The van der Waals surface area contributed by atoms with Gasteiger partial charge in [-0.05, 0) is 0 Å². The third-order valence-corrected chi connectivity index (χ3v) is 0. The maximum absolute atomic E-state index is 8.88. The summed E-state index contributed by atoms with van der Waals surface area (Å²) in [6.07, 6.45) is 0. The fraction of sp³-hybridized carbons (Fsp3) is 0. The standard InChI is InChI=1S/Al.BH3O3.Ca.H3O4P.5H/c;2-1(3)4;;1-5(2,3)4;;;;;/h;2-4H;;(H3,1,2,3,4);;;;;. The molecule has 0 atom stereocenters. The van der Waals surface area contributed by atoms with Gasteiger partial charge in [0.05, 0.1) is 0 Å². The van der Waals surface area contributed by atoms with Crippen LogP contribution in [0.15, 0.2) is 0 Å². The van der Waals surface area contributed by atoms with Crippen LogP contribution < -0.4 is 0 Å². The Labute approximate surface area is 104 Å². The monoisotopic (exact) mass is 232 g/mol. The van der Waals surface area contributed by atoms with Crippen LogP contribution in [0, 0.1) is 0 Å². The van der Waals surface area contributed by atoms with Crippen molar-refractivity contribution in [3.63, 3.8) is 0 Å². The van der Waals surface area contributed by atoms with E-state index >= 15 is 0 Å². The fourth-order valence-electron chi connectivity index (χ4n) is 0. The van der Waals surface area contributed by atoms with Crippen LogP contribution in [0.3, 0.4) is 0 Å². The van der Waals surface area contributed by atoms with E-state index in [-0.39, 0.29) is 55.1 Å². The van der Waals surface area contributed by atoms with Gasteiger partial charge in [0.25, 0.3) is 0 Å². The second-order valence-electron chi connectivity index (χ2n) is 0.860. The molecule has 0 saturated carbocycles. The third-order valence-electron chi connectivity index (χ3n) is 0. The predicted molar refractivity (Wildman–Crippen MR) is 45.2 cm³/mol. The maximum atomic E-state index is 8.88. The summed E-state index contributed by atoms with van der Waals surface area (Å²) in [4.78, 5) is 21.6. The van der Waals surface area contributed by atoms with Crippen LogP contribution in [0.25, 0.3) is 0 Å². The van der Waals surface area contributed by atoms with Crippen molar-refractivity contribution in [1.82, 2.24) is 0 Å². The van der Waals surface area contributed by atoms with Crippen LogP contribution in [0.5, 0.6) is 0 Å². The Morgan fingerprint density at radius 3 is 1.00 bits per heavy atom. The molecular formula is H11AlBCaO7P. The molecule has 0 radical (unpaired) electrons. The van der Waals surface area contributed by atoms with Gasteiger partial charge in [-0.1, -0.05) is 0 Å². The van der Waals surface area contributed by atoms with Crippen molar-refractivity contribution in [2.45, 2.75) is 0 Å². The zero-order chi connectivity index (χ0) is 8.08. The zero-order valence-electron chi connectivity index (χ0n) is 4.12. The molecule has 0 aliphatic carbocycles. The number of hydrogen-bond donors (Lipinski definition) is 6. The van der Waals surface area contributed by atoms with Gasteiger partial charge in [-0.15, -0.1) is 0 Å². The van der Waals surface area contributed by atoms with Crippen molar-refractivity contribution < 1.29 is 34.3 Å². The first-order chi connectivity index (χ1) is 3.73. The number of phosphoric acid groups is 1. The topological polar surface area (TPSA) is 138 Å². The quantitative estimate of drug-likeness (QED) is 0.181. The Morgan fingerprint density at radius 1 is 1.00 bits per heavy atom. The minimum absolute atomic E-state index is 0. The van der Waals surface area contributed by atoms with Crippen LogP contribution in [-0.4, -0.2) is 92.2 Å². The molecule has 0 unspecified atom stereocenters. The van der Waals surface area contributed by atoms with Gasteiger partial charge in [0.2, 0.25) is 0 Å². The van der Waals surface area contributed by atoms with Crippen LogP contribution in [0.1, 0.15) is 0 Å². The molecule has 0 spiro atoms. The van der Waals surface area contributed by atoms with Crippen molar-refractivity contribution in [2.75, 3.05) is 0 Å². The Bertz CT molecular complexity index is 89.6. The van der Waals surface area contributed by atoms with Crippen LogP contribution >= 0.6 is 7.82 Å². The summed E-state index contributed by atoms with van der Waals surface area (Å²) in [6.45, 7) is 0. The van der Waals surface area contributed by atoms with Gasteiger partial charge in [0.1, 0.15) is 0 Å². The normalized spacial score (nSPS) is 7.82. The second kappa shape index (κ2) is 11.8. The van der Waals surface area contributed by atoms with Gasteiger partial charge in [-0.25, -0.2) is 4.57 Å². The van der Waals surface area contributed by atoms with E-state index in [0.717, 1.165) is 0 Å². The van der Waals surface area contributed by atoms with Crippen molar-refractivity contribution in [3.05, 3.63) is 0 Å². The molecule has 0 bridgehead atoms. The van der Waals surface area contributed by atoms with Gasteiger partial charge < -0.3 is 29.8 Å². The van der Waals surface area contributed by atoms with Gasteiger partial charge in [-0.3, -0.25) is 0 Å². The molecule has 7 nitrogen and oxygen atoms in total. The van der Waals surface area contributed by atoms with E-state index in [1.54, 1.807) is 0 Å². The molecule has 11 heteroatoms. The van der Waals surface area contributed by atoms with E-state index in [2.05, 4.69) is 0 Å². The zero-order valence-corrected chi connectivity index (χ0v) is 5.01. The van der Waals surface area contributed by atoms with E-state index in [9.17, 15) is 0 Å². The van der Waals surface area contributed by atoms with Crippen LogP contribution in [0.4, 0.5) is 0 Å². The molecule has 0 aliphatic heterocycles. The van der Waals surface area contributed by atoms with Crippen LogP contribution in [0.2, 0.25) is 0 Å². The summed E-state index contributed by atoms with van der Waals surface area (Å²) in [6, 6.07) is 0. The average Bonchev–Trinajstić information content (AvgIpc) is 1.19. The summed E-state index contributed by atoms with van der Waals surface area (Å²) >= 11 is 0. The summed E-state index contributed by atoms with van der Waals surface area (Å²) in [5.41, 5.74) is 0. The molecule has 0 fully saturated rings. The predicted octanol–water partition coefficient (Wildman–Crippen LogP) is -5.08. The van der Waals surface area contributed by atoms with E-state index in [0.29, 0.717) is 0 Å². The van der Waals surface area contributed by atoms with Crippen molar-refractivity contribution >= 4 is 70.2 Å². The first-order valence-electron chi connectivity index (χ1n) is 1.56. The Morgan fingerprint density at radius 2 is 1.00 bits per heavy atom. The van der Waals surface area contributed by atoms with Gasteiger partial charge in [0, 0.05) is 0 Å². The molecule has 0 aromatic heterocycles. The summed E-state index contributed by atoms with van der Waals surface area (Å²) in [7, 11) is -6.81. The summed E-state index contributed by atoms with van der Waals surface area (Å²) < 4.78 is 8.88. The molecule has 0 aliphatic rings. The molecule has 0 aromatic carbocycles. The second-order valence-corrected chi connectivity index (χ2v) is 1.89. The van der Waals surface area contributed by atoms with Crippen molar-refractivity contribution in [2.24, 2.45) is 0 Å². The third kappa shape index (κ3) is 337. The molecule has 0 saturated heterocycles. The first-order valence-corrected chi connectivity index (χ1v) is 3.12. The van der Waals surface area contributed by atoms with E-state index in [1.807, 2.05) is 0 Å². The molecule has 0 heterocycles. The molecule has 6 N–H and O–H groups in total. The van der Waals surface area contributed by atoms with E-state index in [4.69, 9.17) is 34.3 Å². The average molecular weight is 232 g/mol. The summed E-state index contributed by atoms with van der Waals surface area (Å²) in [5, 5.41) is 21.5. The molecule has 0 aromatic rings. The molecular weight excluding hydrogens is 221 g/mol. The Hall–Kier alpha value is 1.85. The van der Waals surface area contributed by atoms with Gasteiger partial charge in [-0.2, -0.15) is 0 Å². The number of hydrogen-bond acceptors (Lipinski definition) is 4. The van der Waals surface area contributed by atoms with Crippen molar-refractivity contribution in [1.29, 1.82) is 0 Å². The Kier molecular flexibility index (Phi) is 24.8. The number of rotatable bonds is 0. The summed E-state index contributed by atoms with van der Waals surface area (Å²) in [5.74, 6) is 0. The SMILES string of the molecule is O=P(O)(O)O.OB(O)O.[AlH3].[CaH2]. The van der Waals surface area contributed by atoms with Crippen molar-refractivity contribution in [3.8, 4) is 0 Å². The molecule has 11 heavy (non-hydrogen) atoms. The van der Waals surface area contributed by atoms with E-state index in [1.165, 1.54) is 0 Å². The molecule has 66 valence electrons. The van der Waals surface area contributed by atoms with Crippen LogP contribution in [-0.2, 0) is 4.57 Å². The van der Waals surface area contributed by atoms with Gasteiger partial charge >= 0.3 is 52.9 Å². The molecule has 0 amide bonds. The minimum atomic E-state index is -4.64.